The third-order valence-corrected chi connectivity index (χ3v) is 5.45. The van der Waals surface area contributed by atoms with E-state index in [1.165, 1.54) is 0 Å². The largest absolute Gasteiger partial charge is 0.471 e. The topological polar surface area (TPSA) is 144 Å². The van der Waals surface area contributed by atoms with Gasteiger partial charge < -0.3 is 29.0 Å². The van der Waals surface area contributed by atoms with Crippen molar-refractivity contribution in [3.05, 3.63) is 12.2 Å². The monoisotopic (exact) mass is 529 g/mol. The smallest absolute Gasteiger partial charge is 0.466 e. The summed E-state index contributed by atoms with van der Waals surface area (Å²) in [6.45, 7) is 3.97. The van der Waals surface area contributed by atoms with Crippen molar-refractivity contribution in [3.8, 4) is 0 Å². The van der Waals surface area contributed by atoms with Crippen LogP contribution < -0.4 is 5.32 Å². The van der Waals surface area contributed by atoms with E-state index in [2.05, 4.69) is 0 Å². The minimum Gasteiger partial charge on any atom is -0.466 e. The SMILES string of the molecule is CCS[C@]1(C(=O)OC)C=C[C@@H](NC(=O)C(F)(F)F)[C@H]([C@H](OC(C)=O)[C@@H](COC(C)=O)OC(C)=O)O1. The summed E-state index contributed by atoms with van der Waals surface area (Å²) >= 11 is 0.891. The first-order chi connectivity index (χ1) is 16.2. The molecule has 1 aliphatic heterocycles. The molecule has 0 radical (unpaired) electrons. The molecule has 0 spiro atoms. The molecule has 0 aromatic rings. The molecule has 11 nitrogen and oxygen atoms in total. The molecule has 198 valence electrons. The van der Waals surface area contributed by atoms with Crippen LogP contribution in [0.5, 0.6) is 0 Å². The maximum absolute atomic E-state index is 13.0. The molecule has 0 aromatic carbocycles. The van der Waals surface area contributed by atoms with Gasteiger partial charge in [-0.25, -0.2) is 4.79 Å². The van der Waals surface area contributed by atoms with Crippen molar-refractivity contribution in [2.24, 2.45) is 0 Å². The first-order valence-corrected chi connectivity index (χ1v) is 11.1. The number of hydrogen-bond donors (Lipinski definition) is 1. The van der Waals surface area contributed by atoms with E-state index in [-0.39, 0.29) is 5.75 Å². The molecule has 1 N–H and O–H groups in total. The summed E-state index contributed by atoms with van der Waals surface area (Å²) < 4.78 is 64.7. The molecule has 0 bridgehead atoms. The normalized spacial score (nSPS) is 23.4. The number of alkyl halides is 3. The highest BCUT2D eigenvalue weighted by molar-refractivity contribution is 8.01. The van der Waals surface area contributed by atoms with Crippen LogP contribution >= 0.6 is 11.8 Å². The number of esters is 4. The van der Waals surface area contributed by atoms with Crippen LogP contribution in [0.15, 0.2) is 12.2 Å². The Morgan fingerprint density at radius 2 is 1.69 bits per heavy atom. The molecule has 15 heteroatoms. The van der Waals surface area contributed by atoms with Gasteiger partial charge in [0.15, 0.2) is 12.2 Å². The zero-order valence-electron chi connectivity index (χ0n) is 19.5. The maximum Gasteiger partial charge on any atom is 0.471 e. The molecule has 0 unspecified atom stereocenters. The van der Waals surface area contributed by atoms with Crippen LogP contribution in [0.3, 0.4) is 0 Å². The van der Waals surface area contributed by atoms with Gasteiger partial charge in [0.1, 0.15) is 12.7 Å². The standard InChI is InChI=1S/C20H26F3NO10S/c1-6-35-19(18(29)30-5)8-7-13(24-17(28)20(21,22)23)15(34-19)16(33-12(4)27)14(32-11(3)26)9-31-10(2)25/h7-8,13-16H,6,9H2,1-5H3,(H,24,28)/t13-,14-,15-,16-,19+/m1/s1. The summed E-state index contributed by atoms with van der Waals surface area (Å²) in [5.41, 5.74) is 0. The highest BCUT2D eigenvalue weighted by Gasteiger charge is 2.52. The number of ether oxygens (including phenoxy) is 5. The van der Waals surface area contributed by atoms with Gasteiger partial charge in [-0.2, -0.15) is 13.2 Å². The summed E-state index contributed by atoms with van der Waals surface area (Å²) in [5.74, 6) is -5.72. The maximum atomic E-state index is 13.0. The summed E-state index contributed by atoms with van der Waals surface area (Å²) in [5, 5.41) is 1.70. The second-order valence-corrected chi connectivity index (χ2v) is 8.53. The predicted molar refractivity (Wildman–Crippen MR) is 113 cm³/mol. The third-order valence-electron chi connectivity index (χ3n) is 4.33. The van der Waals surface area contributed by atoms with Gasteiger partial charge in [-0.05, 0) is 11.8 Å². The molecular weight excluding hydrogens is 503 g/mol. The number of thioether (sulfide) groups is 1. The van der Waals surface area contributed by atoms with Crippen LogP contribution in [0.2, 0.25) is 0 Å². The molecule has 1 amide bonds. The molecule has 0 aliphatic carbocycles. The Kier molecular flexibility index (Phi) is 11.0. The summed E-state index contributed by atoms with van der Waals surface area (Å²) in [6, 6.07) is -1.63. The quantitative estimate of drug-likeness (QED) is 0.246. The van der Waals surface area contributed by atoms with Gasteiger partial charge in [-0.15, -0.1) is 11.8 Å². The second kappa shape index (κ2) is 12.8. The Bertz CT molecular complexity index is 849. The molecule has 35 heavy (non-hydrogen) atoms. The van der Waals surface area contributed by atoms with Crippen LogP contribution in [-0.2, 0) is 47.7 Å². The van der Waals surface area contributed by atoms with E-state index in [1.807, 2.05) is 0 Å². The fraction of sp³-hybridized carbons (Fsp3) is 0.650. The van der Waals surface area contributed by atoms with E-state index in [0.717, 1.165) is 51.8 Å². The average molecular weight is 529 g/mol. The number of carbonyl (C=O) groups excluding carboxylic acids is 5. The number of halogens is 3. The van der Waals surface area contributed by atoms with E-state index in [9.17, 15) is 37.1 Å². The van der Waals surface area contributed by atoms with Crippen molar-refractivity contribution < 1.29 is 60.8 Å². The molecule has 1 aliphatic rings. The minimum atomic E-state index is -5.28. The van der Waals surface area contributed by atoms with Gasteiger partial charge in [-0.3, -0.25) is 19.2 Å². The highest BCUT2D eigenvalue weighted by atomic mass is 32.2. The summed E-state index contributed by atoms with van der Waals surface area (Å²) in [7, 11) is 1.05. The van der Waals surface area contributed by atoms with Crippen LogP contribution in [0.4, 0.5) is 13.2 Å². The lowest BCUT2D eigenvalue weighted by Crippen LogP contribution is -2.61. The van der Waals surface area contributed by atoms with Gasteiger partial charge in [0.2, 0.25) is 4.93 Å². The lowest BCUT2D eigenvalue weighted by Gasteiger charge is -2.42. The zero-order valence-corrected chi connectivity index (χ0v) is 20.3. The second-order valence-electron chi connectivity index (χ2n) is 7.06. The van der Waals surface area contributed by atoms with Gasteiger partial charge in [-0.1, -0.05) is 13.0 Å². The first-order valence-electron chi connectivity index (χ1n) is 10.1. The molecule has 5 atom stereocenters. The molecule has 1 heterocycles. The average Bonchev–Trinajstić information content (AvgIpc) is 2.74. The van der Waals surface area contributed by atoms with Crippen molar-refractivity contribution in [2.45, 2.75) is 63.2 Å². The lowest BCUT2D eigenvalue weighted by atomic mass is 9.96. The number of carbonyl (C=O) groups is 5. The van der Waals surface area contributed by atoms with E-state index in [0.29, 0.717) is 0 Å². The summed E-state index contributed by atoms with van der Waals surface area (Å²) in [6.07, 6.45) is -8.18. The Labute approximate surface area is 203 Å². The highest BCUT2D eigenvalue weighted by Crippen LogP contribution is 2.38. The zero-order chi connectivity index (χ0) is 27.0. The molecule has 0 saturated carbocycles. The van der Waals surface area contributed by atoms with E-state index < -0.39 is 71.9 Å². The third kappa shape index (κ3) is 8.72. The Morgan fingerprint density at radius 3 is 2.14 bits per heavy atom. The van der Waals surface area contributed by atoms with Crippen molar-refractivity contribution in [1.29, 1.82) is 0 Å². The number of methoxy groups -OCH3 is 1. The van der Waals surface area contributed by atoms with E-state index in [4.69, 9.17) is 23.7 Å². The minimum absolute atomic E-state index is 0.269. The van der Waals surface area contributed by atoms with Crippen molar-refractivity contribution in [2.75, 3.05) is 19.5 Å². The van der Waals surface area contributed by atoms with Gasteiger partial charge in [0.05, 0.1) is 13.2 Å². The fourth-order valence-corrected chi connectivity index (χ4v) is 4.04. The van der Waals surface area contributed by atoms with E-state index >= 15 is 0 Å². The van der Waals surface area contributed by atoms with Gasteiger partial charge >= 0.3 is 36.0 Å². The number of nitrogens with one attached hydrogen (secondary N) is 1. The summed E-state index contributed by atoms with van der Waals surface area (Å²) in [4.78, 5) is 57.2. The van der Waals surface area contributed by atoms with Gasteiger partial charge in [0, 0.05) is 20.8 Å². The molecule has 1 rings (SSSR count). The van der Waals surface area contributed by atoms with E-state index in [1.54, 1.807) is 12.2 Å². The van der Waals surface area contributed by atoms with Crippen molar-refractivity contribution >= 4 is 41.5 Å². The molecule has 0 saturated heterocycles. The van der Waals surface area contributed by atoms with Crippen molar-refractivity contribution in [1.82, 2.24) is 5.32 Å². The number of amides is 1. The van der Waals surface area contributed by atoms with Crippen molar-refractivity contribution in [3.63, 3.8) is 0 Å². The number of rotatable bonds is 10. The van der Waals surface area contributed by atoms with Crippen LogP contribution in [-0.4, -0.2) is 84.7 Å². The van der Waals surface area contributed by atoms with Crippen LogP contribution in [0, 0.1) is 0 Å². The van der Waals surface area contributed by atoms with Crippen LogP contribution in [0.1, 0.15) is 27.7 Å². The Balaban J connectivity index is 3.62. The lowest BCUT2D eigenvalue weighted by molar-refractivity contribution is -0.199. The molecular formula is C20H26F3NO10S. The van der Waals surface area contributed by atoms with Gasteiger partial charge in [0.25, 0.3) is 0 Å². The molecule has 0 fully saturated rings. The fourth-order valence-electron chi connectivity index (χ4n) is 3.06. The Hall–Kier alpha value is -2.81. The Morgan fingerprint density at radius 1 is 1.09 bits per heavy atom. The van der Waals surface area contributed by atoms with Crippen LogP contribution in [0.25, 0.3) is 0 Å². The molecule has 0 aromatic heterocycles. The predicted octanol–water partition coefficient (Wildman–Crippen LogP) is 1.04. The first kappa shape index (κ1) is 30.2. The number of hydrogen-bond acceptors (Lipinski definition) is 11.